The normalized spacial score (nSPS) is 30.6. The number of hydrogen-bond donors (Lipinski definition) is 0. The Labute approximate surface area is 541 Å². The van der Waals surface area contributed by atoms with Crippen LogP contribution in [0, 0.1) is 23.7 Å². The molecule has 8 aliphatic rings. The van der Waals surface area contributed by atoms with Crippen molar-refractivity contribution in [3.63, 3.8) is 0 Å². The van der Waals surface area contributed by atoms with Crippen LogP contribution in [-0.4, -0.2) is 148 Å². The highest BCUT2D eigenvalue weighted by Crippen LogP contribution is 2.50. The molecule has 2 amide bonds. The van der Waals surface area contributed by atoms with Crippen LogP contribution >= 0.6 is 23.2 Å². The number of rotatable bonds is 10. The lowest BCUT2D eigenvalue weighted by molar-refractivity contribution is -0.120. The van der Waals surface area contributed by atoms with Crippen LogP contribution in [0.25, 0.3) is 0 Å². The first kappa shape index (κ1) is 66.0. The summed E-state index contributed by atoms with van der Waals surface area (Å²) in [6, 6.07) is 23.2. The number of halogens is 2. The summed E-state index contributed by atoms with van der Waals surface area (Å²) in [4.78, 5) is 57.1. The molecule has 20 heteroatoms. The predicted octanol–water partition coefficient (Wildman–Crippen LogP) is 12.1. The molecule has 0 unspecified atom stereocenters. The maximum absolute atomic E-state index is 14.0. The minimum atomic E-state index is -3.14. The number of fused-ring (bicyclic) bond motifs is 8. The second kappa shape index (κ2) is 28.8. The Morgan fingerprint density at radius 2 is 1.02 bits per heavy atom. The summed E-state index contributed by atoms with van der Waals surface area (Å²) in [5, 5.41) is 1.49. The van der Waals surface area contributed by atoms with Crippen LogP contribution in [-0.2, 0) is 71.7 Å². The highest BCUT2D eigenvalue weighted by Gasteiger charge is 2.47. The van der Waals surface area contributed by atoms with Crippen LogP contribution in [0.15, 0.2) is 106 Å². The lowest BCUT2D eigenvalue weighted by Gasteiger charge is -2.46. The van der Waals surface area contributed by atoms with E-state index in [4.69, 9.17) is 51.6 Å². The molecule has 0 N–H and O–H groups in total. The third kappa shape index (κ3) is 14.8. The topological polar surface area (TPSA) is 189 Å². The van der Waals surface area contributed by atoms with Gasteiger partial charge in [0, 0.05) is 98.1 Å². The van der Waals surface area contributed by atoms with E-state index in [1.165, 1.54) is 36.5 Å². The summed E-state index contributed by atoms with van der Waals surface area (Å²) in [5.74, 6) is 0.870. The molecule has 0 radical (unpaired) electrons. The van der Waals surface area contributed by atoms with Crippen molar-refractivity contribution in [3.8, 4) is 11.5 Å². The quantitative estimate of drug-likeness (QED) is 0.136. The van der Waals surface area contributed by atoms with Gasteiger partial charge in [-0.15, -0.1) is 0 Å². The molecule has 90 heavy (non-hydrogen) atoms. The fourth-order valence-corrected chi connectivity index (χ4v) is 19.5. The predicted molar refractivity (Wildman–Crippen MR) is 354 cm³/mol. The van der Waals surface area contributed by atoms with Gasteiger partial charge in [-0.1, -0.05) is 59.6 Å². The van der Waals surface area contributed by atoms with Crippen molar-refractivity contribution in [3.05, 3.63) is 141 Å². The molecule has 4 aromatic rings. The van der Waals surface area contributed by atoms with E-state index in [9.17, 15) is 27.6 Å². The van der Waals surface area contributed by atoms with Gasteiger partial charge in [0.1, 0.15) is 24.7 Å². The number of methoxy groups -OCH3 is 4. The largest absolute Gasteiger partial charge is 0.490 e. The smallest absolute Gasteiger partial charge is 0.285 e. The van der Waals surface area contributed by atoms with Gasteiger partial charge in [0.15, 0.2) is 11.6 Å². The van der Waals surface area contributed by atoms with Crippen molar-refractivity contribution >= 4 is 77.4 Å². The average Bonchev–Trinajstić information content (AvgIpc) is 1.45. The van der Waals surface area contributed by atoms with Gasteiger partial charge in [-0.25, -0.2) is 8.42 Å². The first-order valence-corrected chi connectivity index (χ1v) is 36.5. The number of allylic oxidation sites excluding steroid dienone is 2. The van der Waals surface area contributed by atoms with Crippen LogP contribution in [0.4, 0.5) is 11.4 Å². The Bertz CT molecular complexity index is 3440. The molecule has 4 bridgehead atoms. The number of nitrogens with zero attached hydrogens (tertiary/aromatic N) is 4. The number of anilines is 2. The summed E-state index contributed by atoms with van der Waals surface area (Å²) in [6.45, 7) is 3.80. The Morgan fingerprint density at radius 1 is 0.589 bits per heavy atom. The van der Waals surface area contributed by atoms with E-state index >= 15 is 0 Å². The van der Waals surface area contributed by atoms with E-state index in [0.717, 1.165) is 123 Å². The van der Waals surface area contributed by atoms with Crippen molar-refractivity contribution in [2.45, 2.75) is 113 Å². The maximum Gasteiger partial charge on any atom is 0.285 e. The van der Waals surface area contributed by atoms with Crippen molar-refractivity contribution in [1.82, 2.24) is 0 Å². The summed E-state index contributed by atoms with van der Waals surface area (Å²) in [6.07, 6.45) is 21.2. The lowest BCUT2D eigenvalue weighted by atomic mass is 9.68. The Hall–Kier alpha value is -5.44. The summed E-state index contributed by atoms with van der Waals surface area (Å²) in [5.41, 5.74) is 7.02. The van der Waals surface area contributed by atoms with Crippen molar-refractivity contribution in [1.29, 1.82) is 0 Å². The zero-order valence-corrected chi connectivity index (χ0v) is 55.5. The van der Waals surface area contributed by atoms with Crippen LogP contribution in [0.2, 0.25) is 10.0 Å². The van der Waals surface area contributed by atoms with Crippen molar-refractivity contribution in [2.24, 2.45) is 32.4 Å². The third-order valence-electron chi connectivity index (χ3n) is 20.0. The number of carbonyl (C=O) groups is 4. The van der Waals surface area contributed by atoms with E-state index in [-0.39, 0.29) is 70.8 Å². The zero-order valence-electron chi connectivity index (χ0n) is 52.3. The van der Waals surface area contributed by atoms with Crippen molar-refractivity contribution < 1.29 is 56.0 Å². The minimum absolute atomic E-state index is 0.0175. The molecule has 10 atom stereocenters. The number of hydrogen-bond acceptors (Lipinski definition) is 14. The van der Waals surface area contributed by atoms with Gasteiger partial charge in [-0.2, -0.15) is 8.73 Å². The molecule has 0 aromatic heterocycles. The maximum atomic E-state index is 14.0. The number of Topliss-reactive ketones (excluding diaryl/α,β-unsaturated/α-hetero) is 2. The molecule has 4 heterocycles. The number of benzene rings is 4. The van der Waals surface area contributed by atoms with Gasteiger partial charge < -0.3 is 38.2 Å². The SMILES string of the molecule is COCC(=O)C[S@@]1(=O)=NC(=O)c2ccc3c(c2)N(C[C@@H]2CC[C@H]2[C@@H](OC)/C=C/CCC1)C[C@@]1(CCCc2cc(Cl)ccc21)CO3.COCC(=O)C[S@]1(=O)=NC(=O)c2ccc3c(c2)N(C[C@@H]2CC[C@H]2[C@@H](OC)/C=C/CCC1)C[C@@]1(CCCc2cc(Cl)ccc21)CO3. The third-order valence-corrected chi connectivity index (χ3v) is 24.9. The van der Waals surface area contributed by atoms with Gasteiger partial charge in [0.2, 0.25) is 0 Å². The molecule has 4 aromatic carbocycles. The van der Waals surface area contributed by atoms with E-state index in [2.05, 4.69) is 67.1 Å². The van der Waals surface area contributed by atoms with Crippen LogP contribution < -0.4 is 19.3 Å². The second-order valence-electron chi connectivity index (χ2n) is 26.1. The van der Waals surface area contributed by atoms with E-state index < -0.39 is 31.3 Å². The van der Waals surface area contributed by atoms with E-state index in [1.807, 2.05) is 36.4 Å². The first-order valence-electron chi connectivity index (χ1n) is 32.0. The average molecular weight is 1310 g/mol. The van der Waals surface area contributed by atoms with E-state index in [1.54, 1.807) is 26.4 Å². The molecule has 12 rings (SSSR count). The summed E-state index contributed by atoms with van der Waals surface area (Å²) >= 11 is 12.8. The van der Waals surface area contributed by atoms with Gasteiger partial charge in [0.25, 0.3) is 11.8 Å². The van der Waals surface area contributed by atoms with Gasteiger partial charge in [-0.3, -0.25) is 19.2 Å². The van der Waals surface area contributed by atoms with Gasteiger partial charge >= 0.3 is 0 Å². The number of carbonyl (C=O) groups excluding carboxylic acids is 4. The number of ketones is 2. The van der Waals surface area contributed by atoms with Crippen LogP contribution in [0.3, 0.4) is 0 Å². The molecule has 16 nitrogen and oxygen atoms in total. The summed E-state index contributed by atoms with van der Waals surface area (Å²) < 4.78 is 71.5. The Balaban J connectivity index is 0.000000185. The van der Waals surface area contributed by atoms with Gasteiger partial charge in [0.05, 0.1) is 67.8 Å². The molecule has 2 spiro atoms. The molecule has 4 aliphatic carbocycles. The molecule has 484 valence electrons. The Kier molecular flexibility index (Phi) is 21.2. The number of ether oxygens (including phenoxy) is 6. The molecular formula is C70H86Cl2N4O12S2. The fraction of sp³-hybridized carbons (Fsp3) is 0.543. The van der Waals surface area contributed by atoms with Crippen LogP contribution in [0.1, 0.15) is 120 Å². The van der Waals surface area contributed by atoms with E-state index in [0.29, 0.717) is 73.7 Å². The zero-order chi connectivity index (χ0) is 63.2. The molecular weight excluding hydrogens is 1220 g/mol. The Morgan fingerprint density at radius 3 is 1.41 bits per heavy atom. The van der Waals surface area contributed by atoms with Gasteiger partial charge in [-0.05, 0) is 196 Å². The van der Waals surface area contributed by atoms with Crippen molar-refractivity contribution in [2.75, 3.05) is 114 Å². The fourth-order valence-electron chi connectivity index (χ4n) is 15.3. The number of aryl methyl sites for hydroxylation is 2. The molecule has 0 saturated heterocycles. The molecule has 2 saturated carbocycles. The monoisotopic (exact) mass is 1310 g/mol. The summed E-state index contributed by atoms with van der Waals surface area (Å²) in [7, 11) is 0.0932. The second-order valence-corrected chi connectivity index (χ2v) is 31.8. The lowest BCUT2D eigenvalue weighted by Crippen LogP contribution is -2.49. The number of amides is 2. The van der Waals surface area contributed by atoms with Crippen LogP contribution in [0.5, 0.6) is 11.5 Å². The highest BCUT2D eigenvalue weighted by molar-refractivity contribution is 7.94. The first-order chi connectivity index (χ1) is 43.4. The standard InChI is InChI=1S/2C35H43ClN2O6S/c2*1-42-20-28(39)21-45(41)16-5-3-4-8-32(43-2)29-12-9-26(29)19-38-22-35(15-6-7-24-17-27(36)11-13-30(24)35)23-44-33-14-10-25(18-31(33)38)34(40)37-45/h2*4,8,10-11,13-14,17-18,26,29,32H,3,5-7,9,12,15-16,19-23H2,1-2H3/b2*8-4+/t26-,29+,32-,35-,45+;26-,29+,32-,35-,45-/m00/s1. The molecule has 2 fully saturated rings. The molecule has 4 aliphatic heterocycles. The highest BCUT2D eigenvalue weighted by atomic mass is 35.5. The minimum Gasteiger partial charge on any atom is -0.490 e.